The van der Waals surface area contributed by atoms with Gasteiger partial charge >= 0.3 is 11.9 Å². The lowest BCUT2D eigenvalue weighted by molar-refractivity contribution is -0.151. The second-order valence-electron chi connectivity index (χ2n) is 10.4. The quantitative estimate of drug-likeness (QED) is 0.468. The van der Waals surface area contributed by atoms with Crippen molar-refractivity contribution in [3.8, 4) is 0 Å². The first-order valence-electron chi connectivity index (χ1n) is 13.5. The van der Waals surface area contributed by atoms with Gasteiger partial charge in [0.1, 0.15) is 12.1 Å². The molecule has 0 bridgehead atoms. The van der Waals surface area contributed by atoms with Crippen molar-refractivity contribution in [1.29, 1.82) is 0 Å². The van der Waals surface area contributed by atoms with Gasteiger partial charge < -0.3 is 20.0 Å². The Balaban J connectivity index is 1.56. The average Bonchev–Trinajstić information content (AvgIpc) is 3.61. The molecule has 2 aromatic carbocycles. The molecule has 8 nitrogen and oxygen atoms in total. The Morgan fingerprint density at radius 3 is 1.37 bits per heavy atom. The number of carbonyl (C=O) groups is 4. The van der Waals surface area contributed by atoms with E-state index in [4.69, 9.17) is 0 Å². The maximum atomic E-state index is 13.7. The van der Waals surface area contributed by atoms with Gasteiger partial charge in [-0.15, -0.1) is 0 Å². The first-order valence-corrected chi connectivity index (χ1v) is 13.5. The normalized spacial score (nSPS) is 20.7. The molecule has 2 aliphatic rings. The molecule has 0 aromatic heterocycles. The van der Waals surface area contributed by atoms with Gasteiger partial charge in [0, 0.05) is 24.9 Å². The van der Waals surface area contributed by atoms with Crippen molar-refractivity contribution in [3.63, 3.8) is 0 Å². The molecule has 38 heavy (non-hydrogen) atoms. The van der Waals surface area contributed by atoms with Crippen LogP contribution in [0.1, 0.15) is 49.7 Å². The van der Waals surface area contributed by atoms with Gasteiger partial charge in [0.05, 0.1) is 0 Å². The number of nitrogens with zero attached hydrogens (tertiary/aromatic N) is 2. The smallest absolute Gasteiger partial charge is 0.326 e. The number of hydrogen-bond acceptors (Lipinski definition) is 4. The van der Waals surface area contributed by atoms with Gasteiger partial charge in [0.15, 0.2) is 0 Å². The summed E-state index contributed by atoms with van der Waals surface area (Å²) in [6.07, 6.45) is 3.92. The van der Waals surface area contributed by atoms with E-state index in [1.165, 1.54) is 9.80 Å². The Bertz CT molecular complexity index is 1030. The fraction of sp³-hybridized carbons (Fsp3) is 0.467. The number of carboxylic acids is 2. The highest BCUT2D eigenvalue weighted by molar-refractivity contribution is 5.87. The number of rotatable bonds is 11. The molecule has 2 heterocycles. The molecule has 2 N–H and O–H groups in total. The molecule has 2 fully saturated rings. The molecule has 2 amide bonds. The number of likely N-dealkylation sites (tertiary alicyclic amines) is 2. The fourth-order valence-corrected chi connectivity index (χ4v) is 5.87. The molecule has 0 saturated carbocycles. The lowest BCUT2D eigenvalue weighted by Crippen LogP contribution is -2.45. The molecule has 4 atom stereocenters. The second kappa shape index (κ2) is 12.7. The first-order chi connectivity index (χ1) is 18.3. The summed E-state index contributed by atoms with van der Waals surface area (Å²) in [5.74, 6) is -3.29. The summed E-state index contributed by atoms with van der Waals surface area (Å²) in [5.41, 5.74) is 1.96. The number of amides is 2. The van der Waals surface area contributed by atoms with E-state index in [1.54, 1.807) is 0 Å². The van der Waals surface area contributed by atoms with Crippen LogP contribution in [0.25, 0.3) is 0 Å². The predicted molar refractivity (Wildman–Crippen MR) is 141 cm³/mol. The third kappa shape index (κ3) is 6.60. The van der Waals surface area contributed by atoms with Crippen molar-refractivity contribution in [2.45, 2.75) is 63.5 Å². The summed E-state index contributed by atoms with van der Waals surface area (Å²) in [6.45, 7) is 0.836. The Labute approximate surface area is 223 Å². The van der Waals surface area contributed by atoms with Crippen LogP contribution >= 0.6 is 0 Å². The highest BCUT2D eigenvalue weighted by atomic mass is 16.4. The minimum Gasteiger partial charge on any atom is -0.480 e. The molecule has 0 spiro atoms. The Hall–Kier alpha value is -3.68. The highest BCUT2D eigenvalue weighted by Gasteiger charge is 2.39. The van der Waals surface area contributed by atoms with Gasteiger partial charge in [0.2, 0.25) is 11.8 Å². The van der Waals surface area contributed by atoms with Crippen molar-refractivity contribution >= 4 is 23.8 Å². The van der Waals surface area contributed by atoms with E-state index in [-0.39, 0.29) is 11.8 Å². The summed E-state index contributed by atoms with van der Waals surface area (Å²) in [5, 5.41) is 19.3. The number of hydrogen-bond donors (Lipinski definition) is 2. The van der Waals surface area contributed by atoms with E-state index in [0.29, 0.717) is 64.5 Å². The molecule has 0 radical (unpaired) electrons. The van der Waals surface area contributed by atoms with Gasteiger partial charge in [-0.05, 0) is 62.5 Å². The molecular formula is C30H36N2O6. The largest absolute Gasteiger partial charge is 0.480 e. The SMILES string of the molecule is O=C(O)C1CCCN1C(=O)C(CCC(Cc1ccccc1)C(=O)N1CCCC1C(=O)O)Cc1ccccc1. The molecule has 8 heteroatoms. The lowest BCUT2D eigenvalue weighted by atomic mass is 9.86. The third-order valence-electron chi connectivity index (χ3n) is 7.85. The van der Waals surface area contributed by atoms with Crippen LogP contribution in [0.5, 0.6) is 0 Å². The van der Waals surface area contributed by atoms with E-state index in [1.807, 2.05) is 60.7 Å². The van der Waals surface area contributed by atoms with Gasteiger partial charge in [-0.1, -0.05) is 60.7 Å². The van der Waals surface area contributed by atoms with E-state index in [2.05, 4.69) is 0 Å². The summed E-state index contributed by atoms with van der Waals surface area (Å²) < 4.78 is 0. The molecule has 0 aliphatic carbocycles. The van der Waals surface area contributed by atoms with Crippen molar-refractivity contribution < 1.29 is 29.4 Å². The zero-order valence-electron chi connectivity index (χ0n) is 21.6. The molecule has 2 saturated heterocycles. The molecule has 2 aliphatic heterocycles. The maximum absolute atomic E-state index is 13.7. The van der Waals surface area contributed by atoms with E-state index in [0.717, 1.165) is 11.1 Å². The van der Waals surface area contributed by atoms with Gasteiger partial charge in [0.25, 0.3) is 0 Å². The standard InChI is InChI=1S/C30H36N2O6/c33-27(31-17-7-13-25(31)29(35)36)23(19-21-9-3-1-4-10-21)15-16-24(20-22-11-5-2-6-12-22)28(34)32-18-8-14-26(32)30(37)38/h1-6,9-12,23-26H,7-8,13-20H2,(H,35,36)(H,37,38). The Morgan fingerprint density at radius 1 is 0.658 bits per heavy atom. The van der Waals surface area contributed by atoms with E-state index < -0.39 is 35.9 Å². The van der Waals surface area contributed by atoms with Crippen LogP contribution in [0.4, 0.5) is 0 Å². The summed E-state index contributed by atoms with van der Waals surface area (Å²) >= 11 is 0. The van der Waals surface area contributed by atoms with Gasteiger partial charge in [-0.25, -0.2) is 9.59 Å². The van der Waals surface area contributed by atoms with Crippen LogP contribution < -0.4 is 0 Å². The van der Waals surface area contributed by atoms with Gasteiger partial charge in [-0.3, -0.25) is 9.59 Å². The molecule has 2 aromatic rings. The van der Waals surface area contributed by atoms with Crippen molar-refractivity contribution in [2.24, 2.45) is 11.8 Å². The maximum Gasteiger partial charge on any atom is 0.326 e. The molecule has 202 valence electrons. The van der Waals surface area contributed by atoms with Crippen molar-refractivity contribution in [1.82, 2.24) is 9.80 Å². The average molecular weight is 521 g/mol. The molecular weight excluding hydrogens is 484 g/mol. The highest BCUT2D eigenvalue weighted by Crippen LogP contribution is 2.29. The van der Waals surface area contributed by atoms with E-state index >= 15 is 0 Å². The van der Waals surface area contributed by atoms with Crippen LogP contribution in [-0.2, 0) is 32.0 Å². The third-order valence-corrected chi connectivity index (χ3v) is 7.85. The van der Waals surface area contributed by atoms with Crippen LogP contribution in [0.2, 0.25) is 0 Å². The van der Waals surface area contributed by atoms with Gasteiger partial charge in [-0.2, -0.15) is 0 Å². The van der Waals surface area contributed by atoms with Crippen LogP contribution in [-0.4, -0.2) is 68.9 Å². The van der Waals surface area contributed by atoms with E-state index in [9.17, 15) is 29.4 Å². The second-order valence-corrected chi connectivity index (χ2v) is 10.4. The number of carbonyl (C=O) groups excluding carboxylic acids is 2. The fourth-order valence-electron chi connectivity index (χ4n) is 5.87. The van der Waals surface area contributed by atoms with Crippen LogP contribution in [0.3, 0.4) is 0 Å². The number of carboxylic acid groups (broad SMARTS) is 2. The van der Waals surface area contributed by atoms with Crippen LogP contribution in [0.15, 0.2) is 60.7 Å². The Morgan fingerprint density at radius 2 is 1.03 bits per heavy atom. The van der Waals surface area contributed by atoms with Crippen molar-refractivity contribution in [3.05, 3.63) is 71.8 Å². The van der Waals surface area contributed by atoms with Crippen LogP contribution in [0, 0.1) is 11.8 Å². The topological polar surface area (TPSA) is 115 Å². The molecule has 4 rings (SSSR count). The zero-order valence-corrected chi connectivity index (χ0v) is 21.6. The first kappa shape index (κ1) is 27.4. The summed E-state index contributed by atoms with van der Waals surface area (Å²) in [6, 6.07) is 17.6. The molecule has 4 unspecified atom stereocenters. The summed E-state index contributed by atoms with van der Waals surface area (Å²) in [7, 11) is 0. The minimum absolute atomic E-state index is 0.186. The number of benzene rings is 2. The predicted octanol–water partition coefficient (Wildman–Crippen LogP) is 3.64. The van der Waals surface area contributed by atoms with Crippen molar-refractivity contribution in [2.75, 3.05) is 13.1 Å². The Kier molecular flexibility index (Phi) is 9.15. The summed E-state index contributed by atoms with van der Waals surface area (Å²) in [4.78, 5) is 54.0. The lowest BCUT2D eigenvalue weighted by Gasteiger charge is -2.30. The monoisotopic (exact) mass is 520 g/mol. The number of aliphatic carboxylic acids is 2. The minimum atomic E-state index is -0.986. The zero-order chi connectivity index (χ0) is 27.1.